The number of hydrogen-bond acceptors (Lipinski definition) is 3. The number of benzene rings is 1. The van der Waals surface area contributed by atoms with Crippen molar-refractivity contribution in [2.24, 2.45) is 5.92 Å². The molecule has 3 fully saturated rings. The van der Waals surface area contributed by atoms with Crippen LogP contribution in [0.2, 0.25) is 0 Å². The molecule has 1 aromatic carbocycles. The topological polar surface area (TPSA) is 61.9 Å². The highest BCUT2D eigenvalue weighted by atomic mass is 19.4. The van der Waals surface area contributed by atoms with Gasteiger partial charge in [0.05, 0.1) is 12.5 Å². The number of nitrogens with one attached hydrogen (secondary N) is 1. The summed E-state index contributed by atoms with van der Waals surface area (Å²) in [5, 5.41) is 2.78. The van der Waals surface area contributed by atoms with Gasteiger partial charge in [-0.2, -0.15) is 13.2 Å². The quantitative estimate of drug-likeness (QED) is 0.853. The number of carbonyl (C=O) groups is 2. The molecule has 6 nitrogen and oxygen atoms in total. The first-order valence-electron chi connectivity index (χ1n) is 9.41. The number of cyclic esters (lactones) is 1. The second-order valence-electron chi connectivity index (χ2n) is 7.76. The van der Waals surface area contributed by atoms with Crippen molar-refractivity contribution in [2.75, 3.05) is 32.8 Å². The van der Waals surface area contributed by atoms with Gasteiger partial charge in [0.2, 0.25) is 0 Å². The Kier molecular flexibility index (Phi) is 4.84. The van der Waals surface area contributed by atoms with E-state index in [1.807, 2.05) is 0 Å². The average molecular weight is 397 g/mol. The molecule has 3 aliphatic heterocycles. The van der Waals surface area contributed by atoms with Gasteiger partial charge in [0.15, 0.2) is 0 Å². The Bertz CT molecular complexity index is 747. The molecule has 9 heteroatoms. The Labute approximate surface area is 160 Å². The lowest BCUT2D eigenvalue weighted by Gasteiger charge is -2.41. The molecule has 3 amide bonds. The van der Waals surface area contributed by atoms with Crippen molar-refractivity contribution in [1.29, 1.82) is 0 Å². The first-order valence-corrected chi connectivity index (χ1v) is 9.41. The summed E-state index contributed by atoms with van der Waals surface area (Å²) in [7, 11) is 0. The standard InChI is InChI=1S/C19H22F3N3O3/c20-19(21,22)7-12-1-3-13(4-2-12)15-9-25(10-15)18(27)24-6-5-14(8-24)16-11-28-17(26)23-16/h1-4,14-16H,5-11H2,(H,23,26). The molecule has 1 aromatic rings. The third kappa shape index (κ3) is 4.02. The number of rotatable bonds is 3. The minimum atomic E-state index is -4.21. The lowest BCUT2D eigenvalue weighted by Crippen LogP contribution is -2.53. The highest BCUT2D eigenvalue weighted by molar-refractivity contribution is 5.76. The van der Waals surface area contributed by atoms with Gasteiger partial charge in [-0.1, -0.05) is 24.3 Å². The fraction of sp³-hybridized carbons (Fsp3) is 0.579. The van der Waals surface area contributed by atoms with Crippen LogP contribution in [0.3, 0.4) is 0 Å². The molecule has 0 spiro atoms. The van der Waals surface area contributed by atoms with E-state index >= 15 is 0 Å². The number of carbonyl (C=O) groups excluding carboxylic acids is 2. The number of alkyl halides is 3. The SMILES string of the molecule is O=C1NC(C2CCN(C(=O)N3CC(c4ccc(CC(F)(F)F)cc4)C3)C2)CO1. The van der Waals surface area contributed by atoms with Crippen molar-refractivity contribution in [3.63, 3.8) is 0 Å². The zero-order chi connectivity index (χ0) is 19.9. The summed E-state index contributed by atoms with van der Waals surface area (Å²) in [5.41, 5.74) is 1.20. The molecule has 3 aliphatic rings. The summed E-state index contributed by atoms with van der Waals surface area (Å²) in [6, 6.07) is 6.42. The third-order valence-corrected chi connectivity index (χ3v) is 5.77. The minimum absolute atomic E-state index is 0.0160. The van der Waals surface area contributed by atoms with E-state index < -0.39 is 18.7 Å². The fourth-order valence-electron chi connectivity index (χ4n) is 4.13. The Balaban J connectivity index is 1.26. The van der Waals surface area contributed by atoms with Crippen LogP contribution in [0.4, 0.5) is 22.8 Å². The molecule has 4 rings (SSSR count). The zero-order valence-corrected chi connectivity index (χ0v) is 15.2. The fourth-order valence-corrected chi connectivity index (χ4v) is 4.13. The highest BCUT2D eigenvalue weighted by Crippen LogP contribution is 2.31. The van der Waals surface area contributed by atoms with Gasteiger partial charge in [-0.15, -0.1) is 0 Å². The Morgan fingerprint density at radius 2 is 1.86 bits per heavy atom. The first-order chi connectivity index (χ1) is 13.3. The average Bonchev–Trinajstić information content (AvgIpc) is 3.22. The van der Waals surface area contributed by atoms with Crippen molar-refractivity contribution in [1.82, 2.24) is 15.1 Å². The first kappa shape index (κ1) is 18.9. The van der Waals surface area contributed by atoms with Crippen LogP contribution >= 0.6 is 0 Å². The second-order valence-corrected chi connectivity index (χ2v) is 7.76. The number of alkyl carbamates (subject to hydrolysis) is 1. The molecule has 0 radical (unpaired) electrons. The van der Waals surface area contributed by atoms with Gasteiger partial charge in [0, 0.05) is 38.0 Å². The van der Waals surface area contributed by atoms with Crippen LogP contribution in [0.15, 0.2) is 24.3 Å². The molecule has 0 aromatic heterocycles. The summed E-state index contributed by atoms with van der Waals surface area (Å²) in [6.45, 7) is 2.75. The predicted molar refractivity (Wildman–Crippen MR) is 93.9 cm³/mol. The molecule has 3 saturated heterocycles. The van der Waals surface area contributed by atoms with E-state index in [1.165, 1.54) is 12.1 Å². The van der Waals surface area contributed by atoms with Gasteiger partial charge < -0.3 is 19.9 Å². The smallest absolute Gasteiger partial charge is 0.407 e. The van der Waals surface area contributed by atoms with Gasteiger partial charge in [0.1, 0.15) is 6.61 Å². The van der Waals surface area contributed by atoms with Gasteiger partial charge in [0.25, 0.3) is 0 Å². The van der Waals surface area contributed by atoms with Crippen molar-refractivity contribution in [2.45, 2.75) is 31.0 Å². The number of urea groups is 1. The van der Waals surface area contributed by atoms with Crippen molar-refractivity contribution in [3.8, 4) is 0 Å². The number of likely N-dealkylation sites (tertiary alicyclic amines) is 2. The van der Waals surface area contributed by atoms with Crippen LogP contribution in [0.5, 0.6) is 0 Å². The van der Waals surface area contributed by atoms with Crippen LogP contribution < -0.4 is 5.32 Å². The van der Waals surface area contributed by atoms with E-state index in [0.29, 0.717) is 32.8 Å². The molecule has 0 bridgehead atoms. The maximum absolute atomic E-state index is 12.6. The highest BCUT2D eigenvalue weighted by Gasteiger charge is 2.40. The van der Waals surface area contributed by atoms with Crippen molar-refractivity contribution >= 4 is 12.1 Å². The van der Waals surface area contributed by atoms with Crippen molar-refractivity contribution < 1.29 is 27.5 Å². The van der Waals surface area contributed by atoms with E-state index in [9.17, 15) is 22.8 Å². The van der Waals surface area contributed by atoms with E-state index in [1.54, 1.807) is 21.9 Å². The van der Waals surface area contributed by atoms with E-state index in [-0.39, 0.29) is 29.5 Å². The predicted octanol–water partition coefficient (Wildman–Crippen LogP) is 2.74. The molecular weight excluding hydrogens is 375 g/mol. The van der Waals surface area contributed by atoms with Gasteiger partial charge in [-0.05, 0) is 17.5 Å². The molecule has 3 heterocycles. The summed E-state index contributed by atoms with van der Waals surface area (Å²) < 4.78 is 42.2. The van der Waals surface area contributed by atoms with Crippen molar-refractivity contribution in [3.05, 3.63) is 35.4 Å². The normalized spacial score (nSPS) is 25.5. The molecule has 2 unspecified atom stereocenters. The second kappa shape index (κ2) is 7.18. The Morgan fingerprint density at radius 1 is 1.14 bits per heavy atom. The number of hydrogen-bond donors (Lipinski definition) is 1. The molecule has 0 saturated carbocycles. The maximum atomic E-state index is 12.6. The lowest BCUT2D eigenvalue weighted by atomic mass is 9.91. The molecule has 1 N–H and O–H groups in total. The summed E-state index contributed by atoms with van der Waals surface area (Å²) >= 11 is 0. The molecule has 28 heavy (non-hydrogen) atoms. The largest absolute Gasteiger partial charge is 0.447 e. The molecule has 0 aliphatic carbocycles. The van der Waals surface area contributed by atoms with Crippen LogP contribution in [0, 0.1) is 5.92 Å². The molecule has 2 atom stereocenters. The van der Waals surface area contributed by atoms with Gasteiger partial charge in [-0.3, -0.25) is 0 Å². The maximum Gasteiger partial charge on any atom is 0.407 e. The number of nitrogens with zero attached hydrogens (tertiary/aromatic N) is 2. The number of halogens is 3. The molecular formula is C19H22F3N3O3. The van der Waals surface area contributed by atoms with Gasteiger partial charge in [-0.25, -0.2) is 9.59 Å². The zero-order valence-electron chi connectivity index (χ0n) is 15.2. The Hall–Kier alpha value is -2.45. The van der Waals surface area contributed by atoms with E-state index in [2.05, 4.69) is 5.32 Å². The summed E-state index contributed by atoms with van der Waals surface area (Å²) in [5.74, 6) is 0.360. The van der Waals surface area contributed by atoms with E-state index in [0.717, 1.165) is 12.0 Å². The van der Waals surface area contributed by atoms with Gasteiger partial charge >= 0.3 is 18.3 Å². The van der Waals surface area contributed by atoms with E-state index in [4.69, 9.17) is 4.74 Å². The lowest BCUT2D eigenvalue weighted by molar-refractivity contribution is -0.127. The minimum Gasteiger partial charge on any atom is -0.447 e. The monoisotopic (exact) mass is 397 g/mol. The molecule has 152 valence electrons. The number of amides is 3. The third-order valence-electron chi connectivity index (χ3n) is 5.77. The van der Waals surface area contributed by atoms with Crippen LogP contribution in [0.25, 0.3) is 0 Å². The summed E-state index contributed by atoms with van der Waals surface area (Å²) in [4.78, 5) is 27.4. The van der Waals surface area contributed by atoms with Crippen LogP contribution in [0.1, 0.15) is 23.5 Å². The number of ether oxygens (including phenoxy) is 1. The Morgan fingerprint density at radius 3 is 2.46 bits per heavy atom. The van der Waals surface area contributed by atoms with Crippen LogP contribution in [-0.4, -0.2) is 66.9 Å². The summed E-state index contributed by atoms with van der Waals surface area (Å²) in [6.07, 6.45) is -4.70. The van der Waals surface area contributed by atoms with Crippen LogP contribution in [-0.2, 0) is 11.2 Å².